The quantitative estimate of drug-likeness (QED) is 0.815. The topological polar surface area (TPSA) is 39.7 Å². The number of hydrogen-bond acceptors (Lipinski definition) is 4. The Morgan fingerprint density at radius 1 is 0.960 bits per heavy atom. The number of halogens is 1. The molecule has 1 heterocycles. The molecule has 0 aromatic heterocycles. The normalized spacial score (nSPS) is 19.3. The Kier molecular flexibility index (Phi) is 7.56. The molecule has 0 bridgehead atoms. The number of rotatable bonds is 7. The van der Waals surface area contributed by atoms with Crippen molar-refractivity contribution >= 4 is 12.4 Å². The third kappa shape index (κ3) is 5.11. The molecule has 25 heavy (non-hydrogen) atoms. The summed E-state index contributed by atoms with van der Waals surface area (Å²) in [6, 6.07) is 16.5. The van der Waals surface area contributed by atoms with E-state index in [9.17, 15) is 0 Å². The molecule has 2 atom stereocenters. The molecule has 4 nitrogen and oxygen atoms in total. The van der Waals surface area contributed by atoms with E-state index in [4.69, 9.17) is 14.2 Å². The molecule has 0 amide bonds. The minimum atomic E-state index is 0. The summed E-state index contributed by atoms with van der Waals surface area (Å²) in [7, 11) is 3.32. The van der Waals surface area contributed by atoms with Crippen molar-refractivity contribution in [3.8, 4) is 11.5 Å². The van der Waals surface area contributed by atoms with Gasteiger partial charge in [0.1, 0.15) is 11.5 Å². The standard InChI is InChI=1S/C20H25NO3.ClH/c1-22-18-8-15(9-19(10-18)23-2)13-24-14-17-11-21-12-20(17)16-6-4-3-5-7-16;/h3-10,17,20-21H,11-14H2,1-2H3;1H. The molecule has 1 N–H and O–H groups in total. The third-order valence-corrected chi connectivity index (χ3v) is 4.58. The van der Waals surface area contributed by atoms with Crippen LogP contribution in [0.15, 0.2) is 48.5 Å². The Hall–Kier alpha value is -1.75. The number of hydrogen-bond donors (Lipinski definition) is 1. The molecule has 2 aromatic rings. The zero-order chi connectivity index (χ0) is 16.8. The SMILES string of the molecule is COc1cc(COCC2CNCC2c2ccccc2)cc(OC)c1.Cl. The van der Waals surface area contributed by atoms with Gasteiger partial charge in [0.15, 0.2) is 0 Å². The maximum Gasteiger partial charge on any atom is 0.122 e. The van der Waals surface area contributed by atoms with Gasteiger partial charge in [-0.1, -0.05) is 30.3 Å². The van der Waals surface area contributed by atoms with E-state index in [1.165, 1.54) is 5.56 Å². The third-order valence-electron chi connectivity index (χ3n) is 4.58. The molecule has 2 aromatic carbocycles. The van der Waals surface area contributed by atoms with Gasteiger partial charge in [0.25, 0.3) is 0 Å². The maximum absolute atomic E-state index is 6.00. The number of nitrogens with one attached hydrogen (secondary N) is 1. The van der Waals surface area contributed by atoms with Gasteiger partial charge in [-0.3, -0.25) is 0 Å². The van der Waals surface area contributed by atoms with Crippen molar-refractivity contribution in [3.05, 3.63) is 59.7 Å². The summed E-state index contributed by atoms with van der Waals surface area (Å²) >= 11 is 0. The lowest BCUT2D eigenvalue weighted by Gasteiger charge is -2.19. The number of ether oxygens (including phenoxy) is 3. The molecule has 136 valence electrons. The van der Waals surface area contributed by atoms with Gasteiger partial charge < -0.3 is 19.5 Å². The minimum Gasteiger partial charge on any atom is -0.497 e. The van der Waals surface area contributed by atoms with Crippen LogP contribution in [0.1, 0.15) is 17.0 Å². The second-order valence-electron chi connectivity index (χ2n) is 6.17. The fraction of sp³-hybridized carbons (Fsp3) is 0.400. The van der Waals surface area contributed by atoms with Gasteiger partial charge in [0.05, 0.1) is 27.4 Å². The molecule has 0 radical (unpaired) electrons. The van der Waals surface area contributed by atoms with E-state index < -0.39 is 0 Å². The van der Waals surface area contributed by atoms with Crippen LogP contribution in [0.2, 0.25) is 0 Å². The Morgan fingerprint density at radius 3 is 2.28 bits per heavy atom. The Balaban J connectivity index is 0.00000225. The van der Waals surface area contributed by atoms with Crippen molar-refractivity contribution in [1.82, 2.24) is 5.32 Å². The number of benzene rings is 2. The highest BCUT2D eigenvalue weighted by Gasteiger charge is 2.28. The van der Waals surface area contributed by atoms with Crippen molar-refractivity contribution in [3.63, 3.8) is 0 Å². The summed E-state index contributed by atoms with van der Waals surface area (Å²) < 4.78 is 16.6. The van der Waals surface area contributed by atoms with Gasteiger partial charge in [0.2, 0.25) is 0 Å². The highest BCUT2D eigenvalue weighted by Crippen LogP contribution is 2.29. The first-order valence-corrected chi connectivity index (χ1v) is 8.35. The minimum absolute atomic E-state index is 0. The first-order chi connectivity index (χ1) is 11.8. The van der Waals surface area contributed by atoms with Gasteiger partial charge in [-0.2, -0.15) is 0 Å². The second kappa shape index (κ2) is 9.66. The lowest BCUT2D eigenvalue weighted by Crippen LogP contribution is -2.17. The lowest BCUT2D eigenvalue weighted by atomic mass is 9.89. The molecule has 2 unspecified atom stereocenters. The van der Waals surface area contributed by atoms with Crippen molar-refractivity contribution in [2.24, 2.45) is 5.92 Å². The summed E-state index contributed by atoms with van der Waals surface area (Å²) in [6.07, 6.45) is 0. The number of methoxy groups -OCH3 is 2. The van der Waals surface area contributed by atoms with Crippen LogP contribution in [0.25, 0.3) is 0 Å². The highest BCUT2D eigenvalue weighted by atomic mass is 35.5. The average Bonchev–Trinajstić information content (AvgIpc) is 3.10. The van der Waals surface area contributed by atoms with Crippen LogP contribution in [0.4, 0.5) is 0 Å². The fourth-order valence-electron chi connectivity index (χ4n) is 3.28. The summed E-state index contributed by atoms with van der Waals surface area (Å²) in [6.45, 7) is 3.32. The lowest BCUT2D eigenvalue weighted by molar-refractivity contribution is 0.0875. The van der Waals surface area contributed by atoms with E-state index >= 15 is 0 Å². The Bertz CT molecular complexity index is 628. The Labute approximate surface area is 155 Å². The molecule has 0 spiro atoms. The van der Waals surface area contributed by atoms with E-state index in [2.05, 4.69) is 35.6 Å². The molecule has 0 saturated carbocycles. The van der Waals surface area contributed by atoms with Gasteiger partial charge in [-0.05, 0) is 23.3 Å². The van der Waals surface area contributed by atoms with Gasteiger partial charge in [-0.25, -0.2) is 0 Å². The molecule has 1 aliphatic heterocycles. The largest absolute Gasteiger partial charge is 0.497 e. The van der Waals surface area contributed by atoms with Crippen molar-refractivity contribution in [2.45, 2.75) is 12.5 Å². The van der Waals surface area contributed by atoms with Gasteiger partial charge >= 0.3 is 0 Å². The smallest absolute Gasteiger partial charge is 0.122 e. The predicted octanol–water partition coefficient (Wildman–Crippen LogP) is 3.65. The average molecular weight is 364 g/mol. The predicted molar refractivity (Wildman–Crippen MR) is 102 cm³/mol. The van der Waals surface area contributed by atoms with Crippen LogP contribution in [0, 0.1) is 5.92 Å². The first-order valence-electron chi connectivity index (χ1n) is 8.35. The van der Waals surface area contributed by atoms with Crippen molar-refractivity contribution in [1.29, 1.82) is 0 Å². The summed E-state index contributed by atoms with van der Waals surface area (Å²) in [5, 5.41) is 3.49. The second-order valence-corrected chi connectivity index (χ2v) is 6.17. The zero-order valence-corrected chi connectivity index (χ0v) is 15.6. The molecule has 5 heteroatoms. The van der Waals surface area contributed by atoms with Gasteiger partial charge in [-0.15, -0.1) is 12.4 Å². The summed E-state index contributed by atoms with van der Waals surface area (Å²) in [5.74, 6) is 2.60. The molecular formula is C20H26ClNO3. The van der Waals surface area contributed by atoms with E-state index in [1.54, 1.807) is 14.2 Å². The van der Waals surface area contributed by atoms with E-state index in [0.717, 1.165) is 36.8 Å². The first kappa shape index (κ1) is 19.6. The van der Waals surface area contributed by atoms with Gasteiger partial charge in [0, 0.05) is 31.0 Å². The van der Waals surface area contributed by atoms with Crippen LogP contribution in [0.5, 0.6) is 11.5 Å². The van der Waals surface area contributed by atoms with Crippen molar-refractivity contribution < 1.29 is 14.2 Å². The van der Waals surface area contributed by atoms with Crippen LogP contribution in [-0.4, -0.2) is 33.9 Å². The van der Waals surface area contributed by atoms with E-state index in [1.807, 2.05) is 18.2 Å². The zero-order valence-electron chi connectivity index (χ0n) is 14.7. The molecular weight excluding hydrogens is 338 g/mol. The van der Waals surface area contributed by atoms with E-state index in [-0.39, 0.29) is 12.4 Å². The molecule has 0 aliphatic carbocycles. The monoisotopic (exact) mass is 363 g/mol. The molecule has 1 aliphatic rings. The highest BCUT2D eigenvalue weighted by molar-refractivity contribution is 5.85. The molecule has 3 rings (SSSR count). The van der Waals surface area contributed by atoms with Crippen LogP contribution in [-0.2, 0) is 11.3 Å². The molecule has 1 saturated heterocycles. The van der Waals surface area contributed by atoms with Crippen LogP contribution in [0.3, 0.4) is 0 Å². The fourth-order valence-corrected chi connectivity index (χ4v) is 3.28. The van der Waals surface area contributed by atoms with E-state index in [0.29, 0.717) is 18.4 Å². The summed E-state index contributed by atoms with van der Waals surface area (Å²) in [4.78, 5) is 0. The Morgan fingerprint density at radius 2 is 1.64 bits per heavy atom. The molecule has 1 fully saturated rings. The van der Waals surface area contributed by atoms with Crippen LogP contribution >= 0.6 is 12.4 Å². The maximum atomic E-state index is 6.00. The summed E-state index contributed by atoms with van der Waals surface area (Å²) in [5.41, 5.74) is 2.45. The van der Waals surface area contributed by atoms with Crippen molar-refractivity contribution in [2.75, 3.05) is 33.9 Å². The van der Waals surface area contributed by atoms with Crippen LogP contribution < -0.4 is 14.8 Å².